The van der Waals surface area contributed by atoms with E-state index in [1.807, 2.05) is 97.9 Å². The summed E-state index contributed by atoms with van der Waals surface area (Å²) in [7, 11) is 0. The number of aliphatic hydroxyl groups excluding tert-OH is 3. The van der Waals surface area contributed by atoms with Crippen molar-refractivity contribution >= 4 is 0 Å². The summed E-state index contributed by atoms with van der Waals surface area (Å²) in [5.41, 5.74) is 2.94. The zero-order chi connectivity index (χ0) is 19.9. The molecule has 3 aromatic carbocycles. The summed E-state index contributed by atoms with van der Waals surface area (Å²) in [6.07, 6.45) is 0.150. The van der Waals surface area contributed by atoms with Gasteiger partial charge in [0.05, 0.1) is 18.8 Å². The molecule has 3 heteroatoms. The highest BCUT2D eigenvalue weighted by atomic mass is 16.3. The van der Waals surface area contributed by atoms with Gasteiger partial charge in [0.25, 0.3) is 0 Å². The molecule has 27 heavy (non-hydrogen) atoms. The maximum absolute atomic E-state index is 9.33. The summed E-state index contributed by atoms with van der Waals surface area (Å²) in [5, 5.41) is 26.9. The van der Waals surface area contributed by atoms with Crippen LogP contribution in [0.2, 0.25) is 0 Å². The van der Waals surface area contributed by atoms with E-state index in [4.69, 9.17) is 10.2 Å². The molecule has 0 aliphatic heterocycles. The van der Waals surface area contributed by atoms with E-state index >= 15 is 0 Å². The lowest BCUT2D eigenvalue weighted by molar-refractivity contribution is 0.173. The molecule has 0 saturated heterocycles. The molecule has 2 atom stereocenters. The van der Waals surface area contributed by atoms with Crippen molar-refractivity contribution in [1.29, 1.82) is 0 Å². The Labute approximate surface area is 162 Å². The van der Waals surface area contributed by atoms with Crippen molar-refractivity contribution in [3.63, 3.8) is 0 Å². The van der Waals surface area contributed by atoms with Crippen molar-refractivity contribution in [2.75, 3.05) is 0 Å². The second-order valence-corrected chi connectivity index (χ2v) is 6.07. The van der Waals surface area contributed by atoms with Crippen molar-refractivity contribution < 1.29 is 15.3 Å². The Morgan fingerprint density at radius 3 is 1.37 bits per heavy atom. The first-order chi connectivity index (χ1) is 13.1. The lowest BCUT2D eigenvalue weighted by Crippen LogP contribution is -1.93. The van der Waals surface area contributed by atoms with Crippen LogP contribution >= 0.6 is 0 Å². The Morgan fingerprint density at radius 2 is 1.07 bits per heavy atom. The fraction of sp³-hybridized carbons (Fsp3) is 0.250. The van der Waals surface area contributed by atoms with E-state index in [-0.39, 0.29) is 18.8 Å². The van der Waals surface area contributed by atoms with Gasteiger partial charge in [0.1, 0.15) is 0 Å². The zero-order valence-electron chi connectivity index (χ0n) is 16.1. The second-order valence-electron chi connectivity index (χ2n) is 6.07. The van der Waals surface area contributed by atoms with E-state index in [0.29, 0.717) is 0 Å². The average molecular weight is 367 g/mol. The quantitative estimate of drug-likeness (QED) is 0.605. The van der Waals surface area contributed by atoms with Crippen molar-refractivity contribution in [2.24, 2.45) is 0 Å². The highest BCUT2D eigenvalue weighted by molar-refractivity contribution is 5.17. The molecule has 0 heterocycles. The van der Waals surface area contributed by atoms with Gasteiger partial charge >= 0.3 is 0 Å². The van der Waals surface area contributed by atoms with E-state index in [9.17, 15) is 5.11 Å². The fourth-order valence-corrected chi connectivity index (χ4v) is 2.23. The molecule has 0 fully saturated rings. The van der Waals surface area contributed by atoms with Crippen LogP contribution < -0.4 is 0 Å². The Hall–Kier alpha value is -2.46. The predicted octanol–water partition coefficient (Wildman–Crippen LogP) is 5.05. The molecule has 0 aliphatic rings. The number of rotatable bonds is 4. The molecule has 0 amide bonds. The summed E-state index contributed by atoms with van der Waals surface area (Å²) in [5.74, 6) is 0. The van der Waals surface area contributed by atoms with Gasteiger partial charge < -0.3 is 15.3 Å². The molecule has 0 bridgehead atoms. The van der Waals surface area contributed by atoms with E-state index in [0.717, 1.165) is 23.1 Å². The van der Waals surface area contributed by atoms with Crippen LogP contribution in [0.25, 0.3) is 0 Å². The third kappa shape index (κ3) is 9.71. The summed E-state index contributed by atoms with van der Waals surface area (Å²) in [6.45, 7) is 3.87. The van der Waals surface area contributed by atoms with Gasteiger partial charge in [-0.3, -0.25) is 0 Å². The smallest absolute Gasteiger partial charge is 0.0787 e. The first kappa shape index (κ1) is 22.6. The van der Waals surface area contributed by atoms with Crippen LogP contribution in [0.5, 0.6) is 0 Å². The Morgan fingerprint density at radius 1 is 0.667 bits per heavy atom. The van der Waals surface area contributed by atoms with Crippen LogP contribution in [-0.2, 0) is 6.61 Å². The zero-order valence-corrected chi connectivity index (χ0v) is 16.1. The molecule has 3 rings (SSSR count). The Bertz CT molecular complexity index is 697. The third-order valence-corrected chi connectivity index (χ3v) is 3.88. The van der Waals surface area contributed by atoms with Gasteiger partial charge in [0.2, 0.25) is 0 Å². The van der Waals surface area contributed by atoms with Gasteiger partial charge in [-0.1, -0.05) is 97.9 Å². The minimum absolute atomic E-state index is 0.140. The standard InChI is InChI=1S/C9H12O.C8H10O.C7H8O/c1-2-9(10)8-6-4-3-5-7-8;1-7(9)8-5-3-2-4-6-8;8-6-7-4-2-1-3-5-7/h3-7,9-10H,2H2,1H3;2-7,9H,1H3;1-5,8H,6H2. The highest BCUT2D eigenvalue weighted by Crippen LogP contribution is 2.14. The summed E-state index contributed by atoms with van der Waals surface area (Å²) >= 11 is 0. The monoisotopic (exact) mass is 366 g/mol. The Balaban J connectivity index is 0.000000204. The van der Waals surface area contributed by atoms with Crippen LogP contribution in [0.3, 0.4) is 0 Å². The first-order valence-electron chi connectivity index (χ1n) is 9.19. The largest absolute Gasteiger partial charge is 0.392 e. The second kappa shape index (κ2) is 13.7. The topological polar surface area (TPSA) is 60.7 Å². The van der Waals surface area contributed by atoms with Gasteiger partial charge in [-0.25, -0.2) is 0 Å². The number of benzene rings is 3. The van der Waals surface area contributed by atoms with E-state index < -0.39 is 0 Å². The number of hydrogen-bond acceptors (Lipinski definition) is 3. The minimum Gasteiger partial charge on any atom is -0.392 e. The maximum atomic E-state index is 9.33. The van der Waals surface area contributed by atoms with Gasteiger partial charge in [-0.2, -0.15) is 0 Å². The molecule has 3 N–H and O–H groups in total. The highest BCUT2D eigenvalue weighted by Gasteiger charge is 2.00. The maximum Gasteiger partial charge on any atom is 0.0787 e. The lowest BCUT2D eigenvalue weighted by Gasteiger charge is -2.05. The molecule has 2 unspecified atom stereocenters. The molecule has 144 valence electrons. The lowest BCUT2D eigenvalue weighted by atomic mass is 10.1. The van der Waals surface area contributed by atoms with Crippen molar-refractivity contribution in [1.82, 2.24) is 0 Å². The first-order valence-corrected chi connectivity index (χ1v) is 9.19. The molecular weight excluding hydrogens is 336 g/mol. The minimum atomic E-state index is -0.341. The number of hydrogen-bond donors (Lipinski definition) is 3. The Kier molecular flexibility index (Phi) is 11.5. The van der Waals surface area contributed by atoms with Crippen LogP contribution in [0, 0.1) is 0 Å². The molecule has 3 nitrogen and oxygen atoms in total. The molecule has 0 radical (unpaired) electrons. The molecule has 0 aromatic heterocycles. The third-order valence-electron chi connectivity index (χ3n) is 3.88. The SMILES string of the molecule is CC(O)c1ccccc1.CCC(O)c1ccccc1.OCc1ccccc1. The normalized spacial score (nSPS) is 11.9. The van der Waals surface area contributed by atoms with Crippen molar-refractivity contribution in [3.8, 4) is 0 Å². The summed E-state index contributed by atoms with van der Waals surface area (Å²) in [4.78, 5) is 0. The van der Waals surface area contributed by atoms with Gasteiger partial charge in [-0.15, -0.1) is 0 Å². The van der Waals surface area contributed by atoms with Gasteiger partial charge in [0, 0.05) is 0 Å². The molecule has 0 saturated carbocycles. The molecule has 3 aromatic rings. The van der Waals surface area contributed by atoms with Crippen LogP contribution in [0.4, 0.5) is 0 Å². The summed E-state index contributed by atoms with van der Waals surface area (Å²) in [6, 6.07) is 28.8. The van der Waals surface area contributed by atoms with Crippen LogP contribution in [0.15, 0.2) is 91.0 Å². The van der Waals surface area contributed by atoms with Crippen LogP contribution in [0.1, 0.15) is 49.2 Å². The van der Waals surface area contributed by atoms with Crippen LogP contribution in [-0.4, -0.2) is 15.3 Å². The predicted molar refractivity (Wildman–Crippen MR) is 111 cm³/mol. The van der Waals surface area contributed by atoms with E-state index in [1.165, 1.54) is 0 Å². The molecule has 0 spiro atoms. The van der Waals surface area contributed by atoms with E-state index in [1.54, 1.807) is 6.92 Å². The van der Waals surface area contributed by atoms with Gasteiger partial charge in [0.15, 0.2) is 0 Å². The number of aliphatic hydroxyl groups is 3. The molecule has 0 aliphatic carbocycles. The fourth-order valence-electron chi connectivity index (χ4n) is 2.23. The van der Waals surface area contributed by atoms with Crippen molar-refractivity contribution in [2.45, 2.75) is 39.1 Å². The molecular formula is C24H30O3. The van der Waals surface area contributed by atoms with E-state index in [2.05, 4.69) is 0 Å². The van der Waals surface area contributed by atoms with Crippen molar-refractivity contribution in [3.05, 3.63) is 108 Å². The average Bonchev–Trinajstić information content (AvgIpc) is 2.76. The van der Waals surface area contributed by atoms with Gasteiger partial charge in [-0.05, 0) is 30.0 Å². The summed E-state index contributed by atoms with van der Waals surface area (Å²) < 4.78 is 0.